The largest absolute Gasteiger partial charge is 0.395 e. The van der Waals surface area contributed by atoms with Crippen molar-refractivity contribution in [2.75, 3.05) is 19.8 Å². The number of carbonyl (C=O) groups is 1. The summed E-state index contributed by atoms with van der Waals surface area (Å²) in [6, 6.07) is 22.4. The van der Waals surface area contributed by atoms with E-state index in [1.165, 1.54) is 17.7 Å². The van der Waals surface area contributed by atoms with E-state index in [-0.39, 0.29) is 37.6 Å². The molecule has 0 fully saturated rings. The van der Waals surface area contributed by atoms with Gasteiger partial charge in [-0.1, -0.05) is 48.5 Å². The van der Waals surface area contributed by atoms with Crippen LogP contribution in [-0.4, -0.2) is 46.8 Å². The normalized spacial score (nSPS) is 12.1. The van der Waals surface area contributed by atoms with Gasteiger partial charge in [0.2, 0.25) is 5.91 Å². The number of aliphatic hydroxyl groups excluding tert-OH is 1. The number of H-pyrrole nitrogens is 1. The summed E-state index contributed by atoms with van der Waals surface area (Å²) in [7, 11) is 0. The summed E-state index contributed by atoms with van der Waals surface area (Å²) in [5.41, 5.74) is 5.19. The van der Waals surface area contributed by atoms with Crippen LogP contribution in [0.3, 0.4) is 0 Å². The molecule has 0 saturated heterocycles. The van der Waals surface area contributed by atoms with Crippen molar-refractivity contribution >= 4 is 16.9 Å². The standard InChI is InChI=1S/C30H35FN4O3/c31-25-13-11-24(12-14-25)20-38-21-30(37)32-17-3-4-22-7-9-23(10-8-22)18-33-26(19-36)15-16-29-34-27-5-1-2-6-28(27)35-29/h1-2,5-14,26,33,36H,3-4,15-21H2,(H,32,37)(H,34,35). The number of nitrogens with zero attached hydrogens (tertiary/aromatic N) is 1. The molecule has 1 unspecified atom stereocenters. The van der Waals surface area contributed by atoms with E-state index in [0.717, 1.165) is 53.7 Å². The third kappa shape index (κ3) is 8.76. The molecule has 0 bridgehead atoms. The van der Waals surface area contributed by atoms with E-state index in [2.05, 4.69) is 44.9 Å². The van der Waals surface area contributed by atoms with Crippen molar-refractivity contribution in [2.45, 2.75) is 44.9 Å². The molecule has 1 aromatic heterocycles. The first-order valence-electron chi connectivity index (χ1n) is 13.0. The van der Waals surface area contributed by atoms with Crippen molar-refractivity contribution in [3.8, 4) is 0 Å². The van der Waals surface area contributed by atoms with Crippen molar-refractivity contribution in [3.05, 3.63) is 101 Å². The number of carbonyl (C=O) groups excluding carboxylic acids is 1. The molecule has 0 saturated carbocycles. The monoisotopic (exact) mass is 518 g/mol. The van der Waals surface area contributed by atoms with Gasteiger partial charge in [0.15, 0.2) is 0 Å². The third-order valence-corrected chi connectivity index (χ3v) is 6.39. The number of ether oxygens (including phenoxy) is 1. The number of fused-ring (bicyclic) bond motifs is 1. The molecule has 4 rings (SSSR count). The van der Waals surface area contributed by atoms with Crippen molar-refractivity contribution < 1.29 is 19.0 Å². The molecule has 200 valence electrons. The highest BCUT2D eigenvalue weighted by Crippen LogP contribution is 2.13. The van der Waals surface area contributed by atoms with Crippen LogP contribution in [0.2, 0.25) is 0 Å². The van der Waals surface area contributed by atoms with Gasteiger partial charge >= 0.3 is 0 Å². The predicted octanol–water partition coefficient (Wildman–Crippen LogP) is 4.05. The van der Waals surface area contributed by atoms with Crippen LogP contribution < -0.4 is 10.6 Å². The minimum atomic E-state index is -0.292. The van der Waals surface area contributed by atoms with Gasteiger partial charge in [0.25, 0.3) is 0 Å². The lowest BCUT2D eigenvalue weighted by molar-refractivity contribution is -0.126. The Kier molecular flexibility index (Phi) is 10.4. The minimum Gasteiger partial charge on any atom is -0.395 e. The summed E-state index contributed by atoms with van der Waals surface area (Å²) in [6.45, 7) is 1.58. The van der Waals surface area contributed by atoms with Gasteiger partial charge in [-0.2, -0.15) is 0 Å². The van der Waals surface area contributed by atoms with Crippen LogP contribution in [0.1, 0.15) is 35.4 Å². The SMILES string of the molecule is O=C(COCc1ccc(F)cc1)NCCCc1ccc(CNC(CO)CCc2nc3ccccc3[nH]2)cc1. The second-order valence-corrected chi connectivity index (χ2v) is 9.39. The Morgan fingerprint density at radius 3 is 2.47 bits per heavy atom. The van der Waals surface area contributed by atoms with Crippen LogP contribution in [0.15, 0.2) is 72.8 Å². The Labute approximate surface area is 222 Å². The minimum absolute atomic E-state index is 0.00818. The smallest absolute Gasteiger partial charge is 0.246 e. The van der Waals surface area contributed by atoms with Gasteiger partial charge in [0.05, 0.1) is 24.2 Å². The Morgan fingerprint density at radius 1 is 0.974 bits per heavy atom. The molecule has 1 atom stereocenters. The first kappa shape index (κ1) is 27.4. The Balaban J connectivity index is 1.09. The van der Waals surface area contributed by atoms with Gasteiger partial charge in [0.1, 0.15) is 18.2 Å². The van der Waals surface area contributed by atoms with Gasteiger partial charge in [-0.25, -0.2) is 9.37 Å². The van der Waals surface area contributed by atoms with Crippen molar-refractivity contribution in [2.24, 2.45) is 0 Å². The molecule has 0 radical (unpaired) electrons. The third-order valence-electron chi connectivity index (χ3n) is 6.39. The zero-order valence-corrected chi connectivity index (χ0v) is 21.5. The lowest BCUT2D eigenvalue weighted by Crippen LogP contribution is -2.32. The molecule has 8 heteroatoms. The number of aromatic amines is 1. The van der Waals surface area contributed by atoms with Crippen LogP contribution in [0.4, 0.5) is 4.39 Å². The Morgan fingerprint density at radius 2 is 1.71 bits per heavy atom. The Hall–Kier alpha value is -3.59. The maximum Gasteiger partial charge on any atom is 0.246 e. The second kappa shape index (κ2) is 14.4. The molecule has 3 aromatic carbocycles. The summed E-state index contributed by atoms with van der Waals surface area (Å²) < 4.78 is 18.3. The molecule has 4 N–H and O–H groups in total. The van der Waals surface area contributed by atoms with E-state index in [4.69, 9.17) is 4.74 Å². The number of aryl methyl sites for hydroxylation is 2. The summed E-state index contributed by atoms with van der Waals surface area (Å²) in [4.78, 5) is 19.9. The molecule has 0 aliphatic rings. The molecule has 4 aromatic rings. The highest BCUT2D eigenvalue weighted by Gasteiger charge is 2.10. The van der Waals surface area contributed by atoms with Crippen LogP contribution in [0.25, 0.3) is 11.0 Å². The number of imidazole rings is 1. The Bertz CT molecular complexity index is 1240. The van der Waals surface area contributed by atoms with Crippen LogP contribution in [0, 0.1) is 5.82 Å². The number of nitrogens with one attached hydrogen (secondary N) is 3. The predicted molar refractivity (Wildman–Crippen MR) is 146 cm³/mol. The summed E-state index contributed by atoms with van der Waals surface area (Å²) in [5, 5.41) is 16.1. The van der Waals surface area contributed by atoms with Crippen LogP contribution >= 0.6 is 0 Å². The van der Waals surface area contributed by atoms with Gasteiger partial charge in [-0.3, -0.25) is 4.79 Å². The number of halogens is 1. The molecule has 38 heavy (non-hydrogen) atoms. The molecule has 0 spiro atoms. The number of benzene rings is 3. The topological polar surface area (TPSA) is 99.3 Å². The van der Waals surface area contributed by atoms with Gasteiger partial charge in [0, 0.05) is 25.6 Å². The highest BCUT2D eigenvalue weighted by atomic mass is 19.1. The number of aliphatic hydroxyl groups is 1. The second-order valence-electron chi connectivity index (χ2n) is 9.39. The molecular weight excluding hydrogens is 483 g/mol. The van der Waals surface area contributed by atoms with Crippen molar-refractivity contribution in [1.82, 2.24) is 20.6 Å². The number of hydrogen-bond acceptors (Lipinski definition) is 5. The number of amides is 1. The van der Waals surface area contributed by atoms with E-state index in [0.29, 0.717) is 13.1 Å². The maximum absolute atomic E-state index is 12.9. The van der Waals surface area contributed by atoms with E-state index in [1.54, 1.807) is 12.1 Å². The average Bonchev–Trinajstić information content (AvgIpc) is 3.36. The lowest BCUT2D eigenvalue weighted by atomic mass is 10.1. The fourth-order valence-corrected chi connectivity index (χ4v) is 4.19. The summed E-state index contributed by atoms with van der Waals surface area (Å²) in [5.74, 6) is 0.482. The van der Waals surface area contributed by atoms with Gasteiger partial charge in [-0.05, 0) is 60.2 Å². The molecule has 0 aliphatic carbocycles. The lowest BCUT2D eigenvalue weighted by Gasteiger charge is -2.16. The van der Waals surface area contributed by atoms with Gasteiger partial charge < -0.3 is 25.5 Å². The first-order chi connectivity index (χ1) is 18.6. The first-order valence-corrected chi connectivity index (χ1v) is 13.0. The quantitative estimate of drug-likeness (QED) is 0.178. The number of para-hydroxylation sites is 2. The number of aromatic nitrogens is 2. The molecule has 1 amide bonds. The fraction of sp³-hybridized carbons (Fsp3) is 0.333. The van der Waals surface area contributed by atoms with E-state index in [1.807, 2.05) is 24.3 Å². The van der Waals surface area contributed by atoms with E-state index in [9.17, 15) is 14.3 Å². The van der Waals surface area contributed by atoms with Crippen LogP contribution in [0.5, 0.6) is 0 Å². The van der Waals surface area contributed by atoms with E-state index >= 15 is 0 Å². The molecule has 7 nitrogen and oxygen atoms in total. The van der Waals surface area contributed by atoms with E-state index < -0.39 is 0 Å². The fourth-order valence-electron chi connectivity index (χ4n) is 4.19. The maximum atomic E-state index is 12.9. The van der Waals surface area contributed by atoms with Crippen LogP contribution in [-0.2, 0) is 35.5 Å². The number of hydrogen-bond donors (Lipinski definition) is 4. The summed E-state index contributed by atoms with van der Waals surface area (Å²) in [6.07, 6.45) is 3.25. The zero-order chi connectivity index (χ0) is 26.6. The zero-order valence-electron chi connectivity index (χ0n) is 21.5. The number of rotatable bonds is 15. The average molecular weight is 519 g/mol. The highest BCUT2D eigenvalue weighted by molar-refractivity contribution is 5.77. The summed E-state index contributed by atoms with van der Waals surface area (Å²) >= 11 is 0. The van der Waals surface area contributed by atoms with Gasteiger partial charge in [-0.15, -0.1) is 0 Å². The molecule has 0 aliphatic heterocycles. The molecular formula is C30H35FN4O3. The molecule has 1 heterocycles. The van der Waals surface area contributed by atoms with Crippen molar-refractivity contribution in [3.63, 3.8) is 0 Å². The van der Waals surface area contributed by atoms with Crippen molar-refractivity contribution in [1.29, 1.82) is 0 Å².